The molecule has 0 spiro atoms. The first-order chi connectivity index (χ1) is 14.9. The van der Waals surface area contributed by atoms with Crippen LogP contribution in [0.2, 0.25) is 0 Å². The molecule has 1 heterocycles. The average Bonchev–Trinajstić information content (AvgIpc) is 2.78. The third-order valence-electron chi connectivity index (χ3n) is 4.10. The van der Waals surface area contributed by atoms with Crippen molar-refractivity contribution >= 4 is 12.0 Å². The number of amides is 2. The maximum absolute atomic E-state index is 13.0. The lowest BCUT2D eigenvalue weighted by atomic mass is 10.2. The zero-order chi connectivity index (χ0) is 22.2. The first-order valence-corrected chi connectivity index (χ1v) is 9.18. The molecule has 0 aliphatic rings. The summed E-state index contributed by atoms with van der Waals surface area (Å²) in [6.07, 6.45) is -0.748. The van der Waals surface area contributed by atoms with Gasteiger partial charge in [0.05, 0.1) is 6.54 Å². The minimum atomic E-state index is -0.809. The molecule has 3 rings (SSSR count). The van der Waals surface area contributed by atoms with Gasteiger partial charge in [0.1, 0.15) is 12.4 Å². The fourth-order valence-electron chi connectivity index (χ4n) is 2.52. The Kier molecular flexibility index (Phi) is 6.94. The molecule has 0 saturated heterocycles. The number of ether oxygens (including phenoxy) is 1. The highest BCUT2D eigenvalue weighted by atomic mass is 19.1. The van der Waals surface area contributed by atoms with E-state index in [-0.39, 0.29) is 25.5 Å². The van der Waals surface area contributed by atoms with E-state index in [1.165, 1.54) is 24.3 Å². The van der Waals surface area contributed by atoms with Gasteiger partial charge in [-0.1, -0.05) is 42.5 Å². The Bertz CT molecular complexity index is 1060. The maximum Gasteiger partial charge on any atom is 0.407 e. The molecule has 0 radical (unpaired) electrons. The molecular formula is C21H19FN4O5. The van der Waals surface area contributed by atoms with Gasteiger partial charge < -0.3 is 25.6 Å². The van der Waals surface area contributed by atoms with Crippen molar-refractivity contribution in [2.45, 2.75) is 19.7 Å². The van der Waals surface area contributed by atoms with Gasteiger partial charge in [0.15, 0.2) is 11.5 Å². The Morgan fingerprint density at radius 2 is 1.61 bits per heavy atom. The van der Waals surface area contributed by atoms with E-state index < -0.39 is 35.1 Å². The summed E-state index contributed by atoms with van der Waals surface area (Å²) < 4.78 is 18.0. The Hall–Kier alpha value is -4.21. The number of aromatic hydroxyl groups is 2. The van der Waals surface area contributed by atoms with Crippen LogP contribution in [0.1, 0.15) is 27.4 Å². The second-order valence-electron chi connectivity index (χ2n) is 6.39. The molecule has 160 valence electrons. The molecule has 31 heavy (non-hydrogen) atoms. The van der Waals surface area contributed by atoms with Crippen molar-refractivity contribution in [3.63, 3.8) is 0 Å². The highest BCUT2D eigenvalue weighted by Gasteiger charge is 2.20. The number of nitrogens with zero attached hydrogens (tertiary/aromatic N) is 2. The van der Waals surface area contributed by atoms with Gasteiger partial charge in [-0.3, -0.25) is 4.79 Å². The largest absolute Gasteiger partial charge is 0.501 e. The van der Waals surface area contributed by atoms with E-state index in [4.69, 9.17) is 4.74 Å². The van der Waals surface area contributed by atoms with Crippen molar-refractivity contribution in [3.8, 4) is 11.6 Å². The van der Waals surface area contributed by atoms with Crippen LogP contribution in [0.15, 0.2) is 54.6 Å². The molecule has 3 aromatic rings. The lowest BCUT2D eigenvalue weighted by Gasteiger charge is -2.10. The third-order valence-corrected chi connectivity index (χ3v) is 4.10. The molecule has 0 bridgehead atoms. The number of carbonyl (C=O) groups is 2. The van der Waals surface area contributed by atoms with Crippen LogP contribution in [0.4, 0.5) is 9.18 Å². The summed E-state index contributed by atoms with van der Waals surface area (Å²) in [5.41, 5.74) is 0.955. The van der Waals surface area contributed by atoms with Gasteiger partial charge in [-0.25, -0.2) is 14.2 Å². The van der Waals surface area contributed by atoms with Gasteiger partial charge in [0.25, 0.3) is 11.8 Å². The maximum atomic E-state index is 13.0. The van der Waals surface area contributed by atoms with E-state index in [9.17, 15) is 24.2 Å². The van der Waals surface area contributed by atoms with Gasteiger partial charge in [-0.15, -0.1) is 0 Å². The van der Waals surface area contributed by atoms with E-state index in [1.807, 2.05) is 18.2 Å². The van der Waals surface area contributed by atoms with Gasteiger partial charge in [-0.05, 0) is 23.3 Å². The fourth-order valence-corrected chi connectivity index (χ4v) is 2.52. The summed E-state index contributed by atoms with van der Waals surface area (Å²) in [4.78, 5) is 31.7. The lowest BCUT2D eigenvalue weighted by Crippen LogP contribution is -2.27. The summed E-state index contributed by atoms with van der Waals surface area (Å²) in [5, 5.41) is 24.6. The van der Waals surface area contributed by atoms with Crippen LogP contribution in [0.5, 0.6) is 11.6 Å². The van der Waals surface area contributed by atoms with Gasteiger partial charge in [0.2, 0.25) is 5.75 Å². The highest BCUT2D eigenvalue weighted by Crippen LogP contribution is 2.25. The van der Waals surface area contributed by atoms with Crippen molar-refractivity contribution in [2.75, 3.05) is 0 Å². The van der Waals surface area contributed by atoms with Crippen LogP contribution in [0.3, 0.4) is 0 Å². The molecule has 0 aliphatic carbocycles. The van der Waals surface area contributed by atoms with Gasteiger partial charge >= 0.3 is 6.09 Å². The summed E-state index contributed by atoms with van der Waals surface area (Å²) >= 11 is 0. The number of alkyl carbamates (subject to hydrolysis) is 1. The highest BCUT2D eigenvalue weighted by molar-refractivity contribution is 5.95. The molecule has 0 atom stereocenters. The second-order valence-corrected chi connectivity index (χ2v) is 6.39. The molecule has 2 amide bonds. The fraction of sp³-hybridized carbons (Fsp3) is 0.143. The van der Waals surface area contributed by atoms with Crippen LogP contribution >= 0.6 is 0 Å². The van der Waals surface area contributed by atoms with Crippen molar-refractivity contribution in [3.05, 3.63) is 83.1 Å². The summed E-state index contributed by atoms with van der Waals surface area (Å²) in [5.74, 6) is -2.91. The SMILES string of the molecule is O=C(NCc1nc(O)c(O)c(C(=O)NCc2ccc(F)cc2)n1)OCc1ccccc1. The third kappa shape index (κ3) is 6.13. The number of hydrogen-bond acceptors (Lipinski definition) is 7. The van der Waals surface area contributed by atoms with Crippen molar-refractivity contribution < 1.29 is 28.9 Å². The van der Waals surface area contributed by atoms with Gasteiger partial charge in [0, 0.05) is 6.54 Å². The zero-order valence-electron chi connectivity index (χ0n) is 16.2. The smallest absolute Gasteiger partial charge is 0.407 e. The molecule has 0 aliphatic heterocycles. The molecule has 4 N–H and O–H groups in total. The lowest BCUT2D eigenvalue weighted by molar-refractivity contribution is 0.0941. The molecule has 2 aromatic carbocycles. The molecule has 9 nitrogen and oxygen atoms in total. The molecule has 1 aromatic heterocycles. The van der Waals surface area contributed by atoms with E-state index in [0.717, 1.165) is 5.56 Å². The number of nitrogens with one attached hydrogen (secondary N) is 2. The standard InChI is InChI=1S/C21H19FN4O5/c22-15-8-6-13(7-9-15)10-23-19(28)17-18(27)20(29)26-16(25-17)11-24-21(30)31-12-14-4-2-1-3-5-14/h1-9,27H,10-12H2,(H,23,28)(H,24,30)(H,25,26,29). The monoisotopic (exact) mass is 426 g/mol. The van der Waals surface area contributed by atoms with Crippen LogP contribution in [-0.4, -0.2) is 32.2 Å². The second kappa shape index (κ2) is 10.0. The topological polar surface area (TPSA) is 134 Å². The predicted molar refractivity (Wildman–Crippen MR) is 106 cm³/mol. The van der Waals surface area contributed by atoms with E-state index in [0.29, 0.717) is 5.56 Å². The Morgan fingerprint density at radius 1 is 0.903 bits per heavy atom. The van der Waals surface area contributed by atoms with Crippen molar-refractivity contribution in [2.24, 2.45) is 0 Å². The number of carbonyl (C=O) groups excluding carboxylic acids is 2. The first kappa shape index (κ1) is 21.5. The number of aromatic nitrogens is 2. The molecule has 0 fully saturated rings. The van der Waals surface area contributed by atoms with E-state index in [2.05, 4.69) is 20.6 Å². The average molecular weight is 426 g/mol. The number of benzene rings is 2. The summed E-state index contributed by atoms with van der Waals surface area (Å²) in [6.45, 7) is -0.145. The molecule has 0 saturated carbocycles. The molecular weight excluding hydrogens is 407 g/mol. The normalized spacial score (nSPS) is 10.4. The van der Waals surface area contributed by atoms with Crippen LogP contribution in [-0.2, 0) is 24.4 Å². The summed E-state index contributed by atoms with van der Waals surface area (Å²) in [7, 11) is 0. The Labute approximate surface area is 176 Å². The molecule has 0 unspecified atom stereocenters. The number of halogens is 1. The quantitative estimate of drug-likeness (QED) is 0.456. The van der Waals surface area contributed by atoms with Crippen LogP contribution in [0.25, 0.3) is 0 Å². The minimum absolute atomic E-state index is 0.0444. The minimum Gasteiger partial charge on any atom is -0.501 e. The number of hydrogen-bond donors (Lipinski definition) is 4. The predicted octanol–water partition coefficient (Wildman–Crippen LogP) is 2.38. The van der Waals surface area contributed by atoms with E-state index >= 15 is 0 Å². The first-order valence-electron chi connectivity index (χ1n) is 9.18. The zero-order valence-corrected chi connectivity index (χ0v) is 16.2. The van der Waals surface area contributed by atoms with Crippen molar-refractivity contribution in [1.82, 2.24) is 20.6 Å². The van der Waals surface area contributed by atoms with Crippen LogP contribution in [0, 0.1) is 5.82 Å². The van der Waals surface area contributed by atoms with Crippen molar-refractivity contribution in [1.29, 1.82) is 0 Å². The Balaban J connectivity index is 1.58. The summed E-state index contributed by atoms with van der Waals surface area (Å²) in [6, 6.07) is 14.5. The van der Waals surface area contributed by atoms with Crippen LogP contribution < -0.4 is 10.6 Å². The Morgan fingerprint density at radius 3 is 2.32 bits per heavy atom. The molecule has 10 heteroatoms. The van der Waals surface area contributed by atoms with Gasteiger partial charge in [-0.2, -0.15) is 4.98 Å². The van der Waals surface area contributed by atoms with E-state index in [1.54, 1.807) is 12.1 Å². The number of rotatable bonds is 7.